The Balaban J connectivity index is 2.45. The second-order valence-electron chi connectivity index (χ2n) is 2.95. The molecule has 0 aliphatic rings. The van der Waals surface area contributed by atoms with E-state index in [1.54, 1.807) is 0 Å². The van der Waals surface area contributed by atoms with Crippen LogP contribution in [0.15, 0.2) is 18.3 Å². The maximum Gasteiger partial charge on any atom is 0.166 e. The first-order chi connectivity index (χ1) is 5.88. The number of carbonyl (C=O) groups is 1. The highest BCUT2D eigenvalue weighted by Crippen LogP contribution is 2.03. The van der Waals surface area contributed by atoms with Crippen LogP contribution >= 0.6 is 0 Å². The fourth-order valence-corrected chi connectivity index (χ4v) is 1.27. The predicted octanol–water partition coefficient (Wildman–Crippen LogP) is 2.49. The zero-order valence-electron chi connectivity index (χ0n) is 7.49. The minimum atomic E-state index is 0.783. The molecule has 0 atom stereocenters. The first kappa shape index (κ1) is 9.04. The van der Waals surface area contributed by atoms with E-state index in [2.05, 4.69) is 6.92 Å². The van der Waals surface area contributed by atoms with E-state index in [0.717, 1.165) is 24.9 Å². The van der Waals surface area contributed by atoms with Gasteiger partial charge in [-0.25, -0.2) is 0 Å². The van der Waals surface area contributed by atoms with Crippen molar-refractivity contribution in [3.05, 3.63) is 24.0 Å². The van der Waals surface area contributed by atoms with Gasteiger partial charge < -0.3 is 4.57 Å². The Morgan fingerprint density at radius 3 is 3.00 bits per heavy atom. The first-order valence-electron chi connectivity index (χ1n) is 4.48. The molecule has 1 aromatic heterocycles. The largest absolute Gasteiger partial charge is 0.345 e. The molecule has 1 aromatic rings. The quantitative estimate of drug-likeness (QED) is 0.485. The number of aryl methyl sites for hydroxylation is 1. The SMILES string of the molecule is CCCCCn1cccc1C=O. The minimum Gasteiger partial charge on any atom is -0.345 e. The topological polar surface area (TPSA) is 22.0 Å². The van der Waals surface area contributed by atoms with Crippen LogP contribution in [0.3, 0.4) is 0 Å². The standard InChI is InChI=1S/C10H15NO/c1-2-3-4-7-11-8-5-6-10(11)9-12/h5-6,8-9H,2-4,7H2,1H3. The van der Waals surface area contributed by atoms with Crippen LogP contribution in [-0.2, 0) is 6.54 Å². The highest BCUT2D eigenvalue weighted by Gasteiger charge is 1.96. The molecule has 0 fully saturated rings. The number of hydrogen-bond donors (Lipinski definition) is 0. The predicted molar refractivity (Wildman–Crippen MR) is 49.3 cm³/mol. The smallest absolute Gasteiger partial charge is 0.166 e. The van der Waals surface area contributed by atoms with E-state index < -0.39 is 0 Å². The van der Waals surface area contributed by atoms with Gasteiger partial charge in [0.25, 0.3) is 0 Å². The molecule has 0 N–H and O–H groups in total. The molecule has 0 saturated heterocycles. The van der Waals surface area contributed by atoms with Gasteiger partial charge in [-0.1, -0.05) is 19.8 Å². The van der Waals surface area contributed by atoms with Crippen LogP contribution < -0.4 is 0 Å². The Labute approximate surface area is 73.2 Å². The third kappa shape index (κ3) is 2.22. The van der Waals surface area contributed by atoms with Crippen molar-refractivity contribution >= 4 is 6.29 Å². The van der Waals surface area contributed by atoms with Crippen molar-refractivity contribution in [1.29, 1.82) is 0 Å². The molecule has 2 nitrogen and oxygen atoms in total. The van der Waals surface area contributed by atoms with Crippen LogP contribution in [0, 0.1) is 0 Å². The van der Waals surface area contributed by atoms with Gasteiger partial charge in [0, 0.05) is 12.7 Å². The summed E-state index contributed by atoms with van der Waals surface area (Å²) < 4.78 is 2.00. The lowest BCUT2D eigenvalue weighted by atomic mass is 10.2. The van der Waals surface area contributed by atoms with Crippen LogP contribution in [0.25, 0.3) is 0 Å². The van der Waals surface area contributed by atoms with Crippen LogP contribution in [0.1, 0.15) is 36.7 Å². The van der Waals surface area contributed by atoms with Crippen LogP contribution in [-0.4, -0.2) is 10.9 Å². The van der Waals surface area contributed by atoms with E-state index in [0.29, 0.717) is 0 Å². The molecule has 0 aliphatic carbocycles. The van der Waals surface area contributed by atoms with Gasteiger partial charge in [-0.3, -0.25) is 4.79 Å². The van der Waals surface area contributed by atoms with Crippen molar-refractivity contribution in [3.63, 3.8) is 0 Å². The molecule has 0 aromatic carbocycles. The fraction of sp³-hybridized carbons (Fsp3) is 0.500. The van der Waals surface area contributed by atoms with Crippen molar-refractivity contribution in [2.24, 2.45) is 0 Å². The number of rotatable bonds is 5. The number of aldehydes is 1. The average molecular weight is 165 g/mol. The van der Waals surface area contributed by atoms with Gasteiger partial charge in [0.05, 0.1) is 5.69 Å². The number of nitrogens with zero attached hydrogens (tertiary/aromatic N) is 1. The van der Waals surface area contributed by atoms with Crippen molar-refractivity contribution in [2.75, 3.05) is 0 Å². The second kappa shape index (κ2) is 4.75. The van der Waals surface area contributed by atoms with Crippen molar-refractivity contribution in [3.8, 4) is 0 Å². The van der Waals surface area contributed by atoms with Crippen molar-refractivity contribution in [2.45, 2.75) is 32.7 Å². The summed E-state index contributed by atoms with van der Waals surface area (Å²) in [4.78, 5) is 10.5. The van der Waals surface area contributed by atoms with Gasteiger partial charge in [-0.05, 0) is 18.6 Å². The molecule has 0 bridgehead atoms. The first-order valence-corrected chi connectivity index (χ1v) is 4.48. The molecular weight excluding hydrogens is 150 g/mol. The Morgan fingerprint density at radius 1 is 1.50 bits per heavy atom. The van der Waals surface area contributed by atoms with E-state index >= 15 is 0 Å². The average Bonchev–Trinajstić information content (AvgIpc) is 2.52. The zero-order valence-corrected chi connectivity index (χ0v) is 7.49. The Hall–Kier alpha value is -1.05. The van der Waals surface area contributed by atoms with Crippen LogP contribution in [0.2, 0.25) is 0 Å². The molecule has 0 spiro atoms. The maximum absolute atomic E-state index is 10.5. The molecule has 1 rings (SSSR count). The van der Waals surface area contributed by atoms with Gasteiger partial charge in [0.1, 0.15) is 0 Å². The lowest BCUT2D eigenvalue weighted by molar-refractivity contribution is 0.111. The molecule has 0 unspecified atom stereocenters. The van der Waals surface area contributed by atoms with E-state index in [4.69, 9.17) is 0 Å². The molecule has 12 heavy (non-hydrogen) atoms. The molecule has 2 heteroatoms. The summed E-state index contributed by atoms with van der Waals surface area (Å²) >= 11 is 0. The van der Waals surface area contributed by atoms with Crippen LogP contribution in [0.4, 0.5) is 0 Å². The Morgan fingerprint density at radius 2 is 2.33 bits per heavy atom. The summed E-state index contributed by atoms with van der Waals surface area (Å²) in [5, 5.41) is 0. The van der Waals surface area contributed by atoms with Crippen molar-refractivity contribution in [1.82, 2.24) is 4.57 Å². The summed E-state index contributed by atoms with van der Waals surface area (Å²) in [6.45, 7) is 3.14. The summed E-state index contributed by atoms with van der Waals surface area (Å²) in [5.74, 6) is 0. The lowest BCUT2D eigenvalue weighted by Crippen LogP contribution is -2.00. The van der Waals surface area contributed by atoms with Gasteiger partial charge in [-0.15, -0.1) is 0 Å². The van der Waals surface area contributed by atoms with Gasteiger partial charge in [-0.2, -0.15) is 0 Å². The van der Waals surface area contributed by atoms with E-state index in [-0.39, 0.29) is 0 Å². The fourth-order valence-electron chi connectivity index (χ4n) is 1.27. The second-order valence-corrected chi connectivity index (χ2v) is 2.95. The third-order valence-electron chi connectivity index (χ3n) is 1.99. The van der Waals surface area contributed by atoms with Crippen molar-refractivity contribution < 1.29 is 4.79 Å². The number of unbranched alkanes of at least 4 members (excludes halogenated alkanes) is 2. The summed E-state index contributed by atoms with van der Waals surface area (Å²) in [7, 11) is 0. The molecule has 1 heterocycles. The Kier molecular flexibility index (Phi) is 3.58. The van der Waals surface area contributed by atoms with E-state index in [1.165, 1.54) is 12.8 Å². The molecule has 0 amide bonds. The number of hydrogen-bond acceptors (Lipinski definition) is 1. The summed E-state index contributed by atoms with van der Waals surface area (Å²) in [6.07, 6.45) is 6.48. The molecule has 0 saturated carbocycles. The lowest BCUT2D eigenvalue weighted by Gasteiger charge is -2.03. The van der Waals surface area contributed by atoms with Gasteiger partial charge in [0.2, 0.25) is 0 Å². The number of aromatic nitrogens is 1. The Bertz CT molecular complexity index is 240. The van der Waals surface area contributed by atoms with Gasteiger partial charge in [0.15, 0.2) is 6.29 Å². The minimum absolute atomic E-state index is 0.783. The maximum atomic E-state index is 10.5. The highest BCUT2D eigenvalue weighted by atomic mass is 16.1. The third-order valence-corrected chi connectivity index (χ3v) is 1.99. The van der Waals surface area contributed by atoms with Crippen LogP contribution in [0.5, 0.6) is 0 Å². The monoisotopic (exact) mass is 165 g/mol. The zero-order chi connectivity index (χ0) is 8.81. The molecule has 66 valence electrons. The normalized spacial score (nSPS) is 10.1. The van der Waals surface area contributed by atoms with Gasteiger partial charge >= 0.3 is 0 Å². The molecule has 0 aliphatic heterocycles. The molecule has 0 radical (unpaired) electrons. The summed E-state index contributed by atoms with van der Waals surface area (Å²) in [6, 6.07) is 3.76. The number of carbonyl (C=O) groups excluding carboxylic acids is 1. The van der Waals surface area contributed by atoms with E-state index in [9.17, 15) is 4.79 Å². The molecular formula is C10H15NO. The highest BCUT2D eigenvalue weighted by molar-refractivity contribution is 5.72. The van der Waals surface area contributed by atoms with E-state index in [1.807, 2.05) is 22.9 Å². The summed E-state index contributed by atoms with van der Waals surface area (Å²) in [5.41, 5.74) is 0.783.